The normalized spacial score (nSPS) is 13.9. The van der Waals surface area contributed by atoms with Gasteiger partial charge in [-0.15, -0.1) is 0 Å². The summed E-state index contributed by atoms with van der Waals surface area (Å²) in [5.41, 5.74) is 16.6. The van der Waals surface area contributed by atoms with Gasteiger partial charge in [0.1, 0.15) is 18.1 Å². The predicted molar refractivity (Wildman–Crippen MR) is 130 cm³/mol. The molecule has 1 heterocycles. The second-order valence-electron chi connectivity index (χ2n) is 7.64. The average molecular weight is 530 g/mol. The van der Waals surface area contributed by atoms with Crippen LogP contribution in [0.4, 0.5) is 0 Å². The molecule has 0 bridgehead atoms. The maximum atomic E-state index is 12.9. The number of nitrogens with zero attached hydrogens (tertiary/aromatic N) is 2. The lowest BCUT2D eigenvalue weighted by Crippen LogP contribution is -2.57. The van der Waals surface area contributed by atoms with Crippen molar-refractivity contribution in [1.29, 1.82) is 0 Å². The van der Waals surface area contributed by atoms with Gasteiger partial charge in [-0.1, -0.05) is 0 Å². The van der Waals surface area contributed by atoms with E-state index in [0.29, 0.717) is 5.69 Å². The fraction of sp³-hybridized carbons (Fsp3) is 0.526. The Balaban J connectivity index is 3.03. The number of carboxylic acids is 2. The van der Waals surface area contributed by atoms with Gasteiger partial charge in [0.15, 0.2) is 5.96 Å². The number of amides is 3. The Morgan fingerprint density at radius 2 is 1.64 bits per heavy atom. The molecule has 4 unspecified atom stereocenters. The molecule has 0 aromatic carbocycles. The third-order valence-electron chi connectivity index (χ3n) is 4.72. The number of carbonyl (C=O) groups excluding carboxylic acids is 3. The Labute approximate surface area is 211 Å². The number of carbonyl (C=O) groups is 5. The van der Waals surface area contributed by atoms with Crippen LogP contribution < -0.4 is 33.2 Å². The molecule has 0 aliphatic heterocycles. The number of H-pyrrole nitrogens is 1. The minimum Gasteiger partial charge on any atom is -0.481 e. The molecule has 16 nitrogen and oxygen atoms in total. The Hall–Kier alpha value is -3.86. The molecular weight excluding hydrogens is 498 g/mol. The molecule has 0 aliphatic carbocycles. The fourth-order valence-corrected chi connectivity index (χ4v) is 3.04. The first kappa shape index (κ1) is 30.2. The van der Waals surface area contributed by atoms with E-state index >= 15 is 0 Å². The zero-order valence-corrected chi connectivity index (χ0v) is 20.1. The molecule has 36 heavy (non-hydrogen) atoms. The molecule has 1 aromatic heterocycles. The number of hydrogen-bond donors (Lipinski definition) is 10. The molecule has 0 radical (unpaired) electrons. The molecule has 1 rings (SSSR count). The number of aromatic nitrogens is 2. The van der Waals surface area contributed by atoms with E-state index in [2.05, 4.69) is 43.5 Å². The van der Waals surface area contributed by atoms with E-state index < -0.39 is 60.2 Å². The van der Waals surface area contributed by atoms with E-state index in [-0.39, 0.29) is 37.5 Å². The molecule has 0 fully saturated rings. The standard InChI is InChI=1S/C19H31N9O7S/c20-10(7-36)15(31)27-12(5-14(29)30)17(33)26-11(2-1-3-24-19(21)22)16(32)28-13(18(34)35)4-9-6-23-8-25-9/h6,8,10-13,36H,1-5,7,20H2,(H,23,25)(H,26,33)(H,27,31)(H,28,32)(H,29,30)(H,34,35)(H4,21,22,24). The zero-order valence-electron chi connectivity index (χ0n) is 19.2. The van der Waals surface area contributed by atoms with Crippen molar-refractivity contribution in [3.63, 3.8) is 0 Å². The van der Waals surface area contributed by atoms with Gasteiger partial charge < -0.3 is 48.3 Å². The van der Waals surface area contributed by atoms with E-state index in [1.54, 1.807) is 0 Å². The van der Waals surface area contributed by atoms with Gasteiger partial charge in [0.2, 0.25) is 17.7 Å². The van der Waals surface area contributed by atoms with E-state index in [1.807, 2.05) is 0 Å². The highest BCUT2D eigenvalue weighted by Crippen LogP contribution is 2.05. The van der Waals surface area contributed by atoms with Gasteiger partial charge in [0.05, 0.1) is 18.8 Å². The number of rotatable bonds is 16. The summed E-state index contributed by atoms with van der Waals surface area (Å²) in [6.07, 6.45) is 2.00. The largest absolute Gasteiger partial charge is 0.481 e. The lowest BCUT2D eigenvalue weighted by Gasteiger charge is -2.24. The first-order valence-electron chi connectivity index (χ1n) is 10.7. The molecule has 200 valence electrons. The first-order valence-corrected chi connectivity index (χ1v) is 11.3. The Bertz CT molecular complexity index is 938. The van der Waals surface area contributed by atoms with Crippen molar-refractivity contribution in [3.8, 4) is 0 Å². The molecule has 12 N–H and O–H groups in total. The number of imidazole rings is 1. The Morgan fingerprint density at radius 3 is 2.17 bits per heavy atom. The van der Waals surface area contributed by atoms with Crippen molar-refractivity contribution < 1.29 is 34.2 Å². The summed E-state index contributed by atoms with van der Waals surface area (Å²) in [5, 5.41) is 25.6. The fourth-order valence-electron chi connectivity index (χ4n) is 2.88. The molecule has 0 saturated carbocycles. The number of carboxylic acid groups (broad SMARTS) is 2. The summed E-state index contributed by atoms with van der Waals surface area (Å²) in [4.78, 5) is 71.1. The second kappa shape index (κ2) is 15.2. The molecule has 4 atom stereocenters. The summed E-state index contributed by atoms with van der Waals surface area (Å²) >= 11 is 3.88. The molecule has 0 saturated heterocycles. The number of thiol groups is 1. The lowest BCUT2D eigenvalue weighted by molar-refractivity contribution is -0.143. The molecular formula is C19H31N9O7S. The minimum atomic E-state index is -1.56. The third-order valence-corrected chi connectivity index (χ3v) is 5.11. The van der Waals surface area contributed by atoms with Gasteiger partial charge in [0, 0.05) is 30.6 Å². The maximum Gasteiger partial charge on any atom is 0.326 e. The Morgan fingerprint density at radius 1 is 1.03 bits per heavy atom. The number of aliphatic carboxylic acids is 2. The quantitative estimate of drug-likeness (QED) is 0.0430. The summed E-state index contributed by atoms with van der Waals surface area (Å²) in [5.74, 6) is -5.63. The Kier molecular flexibility index (Phi) is 12.7. The molecule has 0 aliphatic rings. The van der Waals surface area contributed by atoms with Crippen LogP contribution in [0.3, 0.4) is 0 Å². The van der Waals surface area contributed by atoms with Crippen molar-refractivity contribution >= 4 is 48.2 Å². The molecule has 1 aromatic rings. The van der Waals surface area contributed by atoms with Crippen LogP contribution in [0.15, 0.2) is 17.5 Å². The highest BCUT2D eigenvalue weighted by molar-refractivity contribution is 7.80. The van der Waals surface area contributed by atoms with Crippen LogP contribution in [0.2, 0.25) is 0 Å². The number of aromatic amines is 1. The predicted octanol–water partition coefficient (Wildman–Crippen LogP) is -3.72. The van der Waals surface area contributed by atoms with E-state index in [0.717, 1.165) is 0 Å². The average Bonchev–Trinajstić information content (AvgIpc) is 3.31. The van der Waals surface area contributed by atoms with Crippen LogP contribution >= 0.6 is 12.6 Å². The van der Waals surface area contributed by atoms with Crippen molar-refractivity contribution in [2.24, 2.45) is 22.2 Å². The monoisotopic (exact) mass is 529 g/mol. The third kappa shape index (κ3) is 11.0. The van der Waals surface area contributed by atoms with Gasteiger partial charge in [-0.2, -0.15) is 12.6 Å². The number of hydrogen-bond acceptors (Lipinski definition) is 9. The van der Waals surface area contributed by atoms with Crippen LogP contribution in [-0.4, -0.2) is 92.3 Å². The lowest BCUT2D eigenvalue weighted by atomic mass is 10.1. The number of guanidine groups is 1. The van der Waals surface area contributed by atoms with E-state index in [4.69, 9.17) is 22.3 Å². The summed E-state index contributed by atoms with van der Waals surface area (Å²) in [6, 6.07) is -5.33. The second-order valence-corrected chi connectivity index (χ2v) is 8.00. The minimum absolute atomic E-state index is 0.0331. The molecule has 17 heteroatoms. The van der Waals surface area contributed by atoms with Gasteiger partial charge >= 0.3 is 11.9 Å². The van der Waals surface area contributed by atoms with Crippen molar-refractivity contribution in [2.75, 3.05) is 12.3 Å². The maximum absolute atomic E-state index is 12.9. The van der Waals surface area contributed by atoms with E-state index in [9.17, 15) is 29.1 Å². The van der Waals surface area contributed by atoms with Crippen molar-refractivity contribution in [1.82, 2.24) is 25.9 Å². The highest BCUT2D eigenvalue weighted by Gasteiger charge is 2.31. The summed E-state index contributed by atoms with van der Waals surface area (Å²) in [6.45, 7) is 0.102. The van der Waals surface area contributed by atoms with Crippen LogP contribution in [0, 0.1) is 0 Å². The highest BCUT2D eigenvalue weighted by atomic mass is 32.1. The van der Waals surface area contributed by atoms with Crippen LogP contribution in [0.25, 0.3) is 0 Å². The van der Waals surface area contributed by atoms with Crippen molar-refractivity contribution in [3.05, 3.63) is 18.2 Å². The molecule has 0 spiro atoms. The SMILES string of the molecule is NC(N)=NCCCC(NC(=O)C(CC(=O)O)NC(=O)C(N)CS)C(=O)NC(Cc1cnc[nH]1)C(=O)O. The van der Waals surface area contributed by atoms with Crippen LogP contribution in [-0.2, 0) is 30.4 Å². The summed E-state index contributed by atoms with van der Waals surface area (Å²) < 4.78 is 0. The smallest absolute Gasteiger partial charge is 0.326 e. The van der Waals surface area contributed by atoms with Crippen LogP contribution in [0.1, 0.15) is 25.0 Å². The molecule has 3 amide bonds. The zero-order chi connectivity index (χ0) is 27.3. The van der Waals surface area contributed by atoms with Gasteiger partial charge in [-0.25, -0.2) is 9.78 Å². The number of nitrogens with two attached hydrogens (primary N) is 3. The summed E-state index contributed by atoms with van der Waals surface area (Å²) in [7, 11) is 0. The number of nitrogens with one attached hydrogen (secondary N) is 4. The topological polar surface area (TPSA) is 281 Å². The first-order chi connectivity index (χ1) is 16.9. The van der Waals surface area contributed by atoms with Gasteiger partial charge in [0.25, 0.3) is 0 Å². The van der Waals surface area contributed by atoms with Gasteiger partial charge in [-0.3, -0.25) is 24.2 Å². The van der Waals surface area contributed by atoms with Crippen LogP contribution in [0.5, 0.6) is 0 Å². The van der Waals surface area contributed by atoms with E-state index in [1.165, 1.54) is 12.5 Å². The van der Waals surface area contributed by atoms with Crippen molar-refractivity contribution in [2.45, 2.75) is 49.9 Å². The van der Waals surface area contributed by atoms with Gasteiger partial charge in [-0.05, 0) is 12.8 Å². The number of aliphatic imine (C=N–C) groups is 1.